The van der Waals surface area contributed by atoms with Gasteiger partial charge in [-0.25, -0.2) is 5.43 Å². The summed E-state index contributed by atoms with van der Waals surface area (Å²) in [5.74, 6) is 0.259. The minimum absolute atomic E-state index is 0.0736. The van der Waals surface area contributed by atoms with Gasteiger partial charge in [0, 0.05) is 12.2 Å². The van der Waals surface area contributed by atoms with Gasteiger partial charge in [0.2, 0.25) is 0 Å². The summed E-state index contributed by atoms with van der Waals surface area (Å²) in [4.78, 5) is 14.0. The van der Waals surface area contributed by atoms with Crippen molar-refractivity contribution in [2.45, 2.75) is 13.8 Å². The van der Waals surface area contributed by atoms with Crippen molar-refractivity contribution in [1.82, 2.24) is 5.43 Å². The van der Waals surface area contributed by atoms with Crippen LogP contribution in [0.25, 0.3) is 0 Å². The molecule has 25 heavy (non-hydrogen) atoms. The Morgan fingerprint density at radius 3 is 2.68 bits per heavy atom. The molecule has 0 aliphatic rings. The Morgan fingerprint density at radius 2 is 2.00 bits per heavy atom. The third kappa shape index (κ3) is 5.53. The van der Waals surface area contributed by atoms with E-state index in [4.69, 9.17) is 4.74 Å². The first-order valence-electron chi connectivity index (χ1n) is 8.21. The number of rotatable bonds is 8. The summed E-state index contributed by atoms with van der Waals surface area (Å²) >= 11 is 0. The molecular formula is C19H23N3O3. The van der Waals surface area contributed by atoms with Gasteiger partial charge in [-0.3, -0.25) is 4.79 Å². The summed E-state index contributed by atoms with van der Waals surface area (Å²) in [6.07, 6.45) is 1.51. The molecule has 0 radical (unpaired) electrons. The van der Waals surface area contributed by atoms with E-state index in [0.717, 1.165) is 17.8 Å². The molecule has 0 saturated carbocycles. The van der Waals surface area contributed by atoms with E-state index >= 15 is 0 Å². The molecular weight excluding hydrogens is 318 g/mol. The van der Waals surface area contributed by atoms with Gasteiger partial charge in [-0.05, 0) is 49.7 Å². The van der Waals surface area contributed by atoms with E-state index in [9.17, 15) is 9.90 Å². The highest BCUT2D eigenvalue weighted by atomic mass is 16.5. The number of carbonyl (C=O) groups is 1. The molecule has 0 aliphatic carbocycles. The Kier molecular flexibility index (Phi) is 6.83. The van der Waals surface area contributed by atoms with E-state index in [1.807, 2.05) is 49.1 Å². The van der Waals surface area contributed by atoms with Crippen LogP contribution in [0, 0.1) is 0 Å². The van der Waals surface area contributed by atoms with E-state index in [0.29, 0.717) is 12.4 Å². The second-order valence-corrected chi connectivity index (χ2v) is 5.30. The smallest absolute Gasteiger partial charge is 0.259 e. The number of carbonyl (C=O) groups excluding carboxylic acids is 1. The molecule has 0 fully saturated rings. The molecule has 6 nitrogen and oxygen atoms in total. The summed E-state index contributed by atoms with van der Waals surface area (Å²) < 4.78 is 5.32. The second kappa shape index (κ2) is 9.32. The fourth-order valence-corrected chi connectivity index (χ4v) is 2.29. The molecule has 0 spiro atoms. The van der Waals surface area contributed by atoms with Crippen molar-refractivity contribution in [3.8, 4) is 11.5 Å². The molecule has 0 unspecified atom stereocenters. The van der Waals surface area contributed by atoms with E-state index in [1.54, 1.807) is 12.1 Å². The third-order valence-corrected chi connectivity index (χ3v) is 3.52. The van der Waals surface area contributed by atoms with E-state index in [1.165, 1.54) is 12.3 Å². The van der Waals surface area contributed by atoms with Gasteiger partial charge >= 0.3 is 0 Å². The highest BCUT2D eigenvalue weighted by Gasteiger charge is 2.09. The van der Waals surface area contributed by atoms with Crippen molar-refractivity contribution in [3.05, 3.63) is 54.1 Å². The van der Waals surface area contributed by atoms with Crippen LogP contribution in [0.3, 0.4) is 0 Å². The Hall–Kier alpha value is -3.02. The lowest BCUT2D eigenvalue weighted by atomic mass is 10.2. The van der Waals surface area contributed by atoms with Crippen LogP contribution in [0.1, 0.15) is 19.4 Å². The maximum Gasteiger partial charge on any atom is 0.259 e. The number of hydrazone groups is 1. The Bertz CT molecular complexity index is 717. The minimum atomic E-state index is -0.203. The van der Waals surface area contributed by atoms with Crippen molar-refractivity contribution >= 4 is 17.8 Å². The lowest BCUT2D eigenvalue weighted by molar-refractivity contribution is -0.119. The zero-order chi connectivity index (χ0) is 18.1. The first-order chi connectivity index (χ1) is 12.1. The van der Waals surface area contributed by atoms with Crippen LogP contribution >= 0.6 is 0 Å². The van der Waals surface area contributed by atoms with Crippen LogP contribution in [-0.2, 0) is 4.79 Å². The molecule has 2 rings (SSSR count). The number of nitrogens with one attached hydrogen (secondary N) is 1. The normalized spacial score (nSPS) is 10.6. The topological polar surface area (TPSA) is 74.2 Å². The fourth-order valence-electron chi connectivity index (χ4n) is 2.29. The number of ether oxygens (including phenoxy) is 1. The van der Waals surface area contributed by atoms with Gasteiger partial charge < -0.3 is 14.7 Å². The van der Waals surface area contributed by atoms with Crippen LogP contribution in [0.5, 0.6) is 11.5 Å². The molecule has 0 heterocycles. The zero-order valence-electron chi connectivity index (χ0n) is 14.5. The van der Waals surface area contributed by atoms with Gasteiger partial charge in [-0.1, -0.05) is 18.2 Å². The number of amides is 1. The second-order valence-electron chi connectivity index (χ2n) is 5.30. The predicted octanol–water partition coefficient (Wildman–Crippen LogP) is 2.77. The number of nitrogens with zero attached hydrogens (tertiary/aromatic N) is 2. The van der Waals surface area contributed by atoms with Crippen LogP contribution in [0.4, 0.5) is 5.69 Å². The van der Waals surface area contributed by atoms with Crippen LogP contribution < -0.4 is 15.1 Å². The van der Waals surface area contributed by atoms with Crippen molar-refractivity contribution in [2.75, 3.05) is 24.6 Å². The standard InChI is InChI=1S/C19H23N3O3/c1-3-22(16-8-6-5-7-9-16)14-19(24)21-20-13-15-10-11-17(23)18(12-15)25-4-2/h5-13,23H,3-4,14H2,1-2H3,(H,21,24)/b20-13-. The molecule has 0 aromatic heterocycles. The molecule has 2 N–H and O–H groups in total. The molecule has 0 bridgehead atoms. The van der Waals surface area contributed by atoms with Crippen molar-refractivity contribution in [3.63, 3.8) is 0 Å². The maximum atomic E-state index is 12.1. The molecule has 0 saturated heterocycles. The fraction of sp³-hybridized carbons (Fsp3) is 0.263. The number of hydrogen-bond donors (Lipinski definition) is 2. The van der Waals surface area contributed by atoms with Crippen molar-refractivity contribution in [2.24, 2.45) is 5.10 Å². The monoisotopic (exact) mass is 341 g/mol. The summed E-state index contributed by atoms with van der Waals surface area (Å²) in [5, 5.41) is 13.6. The molecule has 0 aliphatic heterocycles. The van der Waals surface area contributed by atoms with E-state index in [-0.39, 0.29) is 18.2 Å². The Morgan fingerprint density at radius 1 is 1.24 bits per heavy atom. The zero-order valence-corrected chi connectivity index (χ0v) is 14.5. The molecule has 1 amide bonds. The van der Waals surface area contributed by atoms with Crippen LogP contribution in [0.15, 0.2) is 53.6 Å². The third-order valence-electron chi connectivity index (χ3n) is 3.52. The summed E-state index contributed by atoms with van der Waals surface area (Å²) in [5.41, 5.74) is 4.23. The molecule has 0 atom stereocenters. The van der Waals surface area contributed by atoms with Crippen molar-refractivity contribution in [1.29, 1.82) is 0 Å². The summed E-state index contributed by atoms with van der Waals surface area (Å²) in [6, 6.07) is 14.6. The molecule has 6 heteroatoms. The first kappa shape index (κ1) is 18.3. The number of benzene rings is 2. The van der Waals surface area contributed by atoms with Crippen LogP contribution in [0.2, 0.25) is 0 Å². The molecule has 132 valence electrons. The number of phenolic OH excluding ortho intramolecular Hbond substituents is 1. The first-order valence-corrected chi connectivity index (χ1v) is 8.21. The highest BCUT2D eigenvalue weighted by Crippen LogP contribution is 2.26. The summed E-state index contributed by atoms with van der Waals surface area (Å²) in [6.45, 7) is 5.23. The van der Waals surface area contributed by atoms with E-state index < -0.39 is 0 Å². The number of likely N-dealkylation sites (N-methyl/N-ethyl adjacent to an activating group) is 1. The quantitative estimate of drug-likeness (QED) is 0.572. The molecule has 2 aromatic carbocycles. The Labute approximate surface area is 147 Å². The van der Waals surface area contributed by atoms with Crippen LogP contribution in [-0.4, -0.2) is 36.9 Å². The number of hydrogen-bond acceptors (Lipinski definition) is 5. The number of para-hydroxylation sites is 1. The maximum absolute atomic E-state index is 12.1. The average Bonchev–Trinajstić information content (AvgIpc) is 2.63. The van der Waals surface area contributed by atoms with Gasteiger partial charge in [-0.2, -0.15) is 5.10 Å². The van der Waals surface area contributed by atoms with Gasteiger partial charge in [0.05, 0.1) is 19.4 Å². The lowest BCUT2D eigenvalue weighted by Crippen LogP contribution is -2.35. The van der Waals surface area contributed by atoms with Gasteiger partial charge in [-0.15, -0.1) is 0 Å². The average molecular weight is 341 g/mol. The number of anilines is 1. The minimum Gasteiger partial charge on any atom is -0.504 e. The van der Waals surface area contributed by atoms with E-state index in [2.05, 4.69) is 10.5 Å². The van der Waals surface area contributed by atoms with Gasteiger partial charge in [0.1, 0.15) is 0 Å². The van der Waals surface area contributed by atoms with Gasteiger partial charge in [0.15, 0.2) is 11.5 Å². The summed E-state index contributed by atoms with van der Waals surface area (Å²) in [7, 11) is 0. The predicted molar refractivity (Wildman–Crippen MR) is 99.3 cm³/mol. The van der Waals surface area contributed by atoms with Gasteiger partial charge in [0.25, 0.3) is 5.91 Å². The lowest BCUT2D eigenvalue weighted by Gasteiger charge is -2.21. The van der Waals surface area contributed by atoms with Crippen molar-refractivity contribution < 1.29 is 14.6 Å². The SMILES string of the molecule is CCOc1cc(/C=N\NC(=O)CN(CC)c2ccccc2)ccc1O. The largest absolute Gasteiger partial charge is 0.504 e. The highest BCUT2D eigenvalue weighted by molar-refractivity contribution is 5.85. The Balaban J connectivity index is 1.93. The number of phenols is 1. The number of aromatic hydroxyl groups is 1. The molecule has 2 aromatic rings.